The molecule has 4 fully saturated rings. The molecule has 0 amide bonds. The number of aliphatic hydroxyl groups excluding tert-OH is 1. The lowest BCUT2D eigenvalue weighted by Crippen LogP contribution is -2.49. The van der Waals surface area contributed by atoms with E-state index in [0.29, 0.717) is 17.8 Å². The smallest absolute Gasteiger partial charge is 0.353 e. The molecule has 1 N–H and O–H groups in total. The maximum atomic E-state index is 14.3. The highest BCUT2D eigenvalue weighted by Gasteiger charge is 2.71. The fraction of sp³-hybridized carbons (Fsp3) is 0.789. The highest BCUT2D eigenvalue weighted by Crippen LogP contribution is 2.71. The van der Waals surface area contributed by atoms with Gasteiger partial charge in [0.25, 0.3) is 0 Å². The SMILES string of the molecule is C=C(C)C(=CO)OC1CC2CC1C1C3CC(C21)C(C(F)(F)C(F)(F)S)C3. The van der Waals surface area contributed by atoms with E-state index in [2.05, 4.69) is 19.2 Å². The average molecular weight is 392 g/mol. The van der Waals surface area contributed by atoms with Gasteiger partial charge in [0.05, 0.1) is 0 Å². The van der Waals surface area contributed by atoms with Gasteiger partial charge in [-0.25, -0.2) is 0 Å². The first-order valence-electron chi connectivity index (χ1n) is 9.21. The van der Waals surface area contributed by atoms with E-state index in [9.17, 15) is 22.7 Å². The van der Waals surface area contributed by atoms with Gasteiger partial charge in [0.2, 0.25) is 0 Å². The van der Waals surface area contributed by atoms with Crippen LogP contribution in [0.4, 0.5) is 17.6 Å². The molecule has 4 saturated carbocycles. The van der Waals surface area contributed by atoms with Gasteiger partial charge < -0.3 is 9.84 Å². The maximum absolute atomic E-state index is 14.3. The zero-order valence-corrected chi connectivity index (χ0v) is 15.4. The Kier molecular flexibility index (Phi) is 4.14. The lowest BCUT2D eigenvalue weighted by molar-refractivity contribution is -0.203. The molecule has 146 valence electrons. The van der Waals surface area contributed by atoms with Crippen LogP contribution < -0.4 is 0 Å². The fourth-order valence-electron chi connectivity index (χ4n) is 6.72. The van der Waals surface area contributed by atoms with Crippen molar-refractivity contribution in [3.63, 3.8) is 0 Å². The Morgan fingerprint density at radius 2 is 1.65 bits per heavy atom. The van der Waals surface area contributed by atoms with Gasteiger partial charge in [-0.2, -0.15) is 17.6 Å². The van der Waals surface area contributed by atoms with Crippen LogP contribution >= 0.6 is 12.6 Å². The minimum atomic E-state index is -4.27. The van der Waals surface area contributed by atoms with Crippen molar-refractivity contribution in [2.75, 3.05) is 0 Å². The molecule has 0 aromatic heterocycles. The molecule has 8 unspecified atom stereocenters. The molecular formula is C19H24F4O2S. The summed E-state index contributed by atoms with van der Waals surface area (Å²) in [4.78, 5) is 0. The van der Waals surface area contributed by atoms with Crippen molar-refractivity contribution in [1.82, 2.24) is 0 Å². The number of rotatable bonds is 5. The second-order valence-corrected chi connectivity index (χ2v) is 9.21. The highest BCUT2D eigenvalue weighted by atomic mass is 32.1. The zero-order chi connectivity index (χ0) is 19.0. The molecule has 0 heterocycles. The van der Waals surface area contributed by atoms with Gasteiger partial charge in [-0.3, -0.25) is 0 Å². The van der Waals surface area contributed by atoms with E-state index in [-0.39, 0.29) is 48.0 Å². The molecule has 8 atom stereocenters. The molecule has 0 aromatic carbocycles. The lowest BCUT2D eigenvalue weighted by atomic mass is 9.65. The van der Waals surface area contributed by atoms with E-state index < -0.39 is 17.1 Å². The average Bonchev–Trinajstić information content (AvgIpc) is 3.27. The Morgan fingerprint density at radius 1 is 1.08 bits per heavy atom. The number of halogens is 4. The van der Waals surface area contributed by atoms with Crippen molar-refractivity contribution in [3.05, 3.63) is 24.2 Å². The van der Waals surface area contributed by atoms with Crippen molar-refractivity contribution in [1.29, 1.82) is 0 Å². The largest absolute Gasteiger partial charge is 0.512 e. The number of ether oxygens (including phenoxy) is 1. The summed E-state index contributed by atoms with van der Waals surface area (Å²) in [5.41, 5.74) is 0.635. The molecule has 4 aliphatic carbocycles. The number of thiol groups is 1. The quantitative estimate of drug-likeness (QED) is 0.215. The van der Waals surface area contributed by atoms with E-state index in [4.69, 9.17) is 4.74 Å². The summed E-state index contributed by atoms with van der Waals surface area (Å²) in [6, 6.07) is 0. The van der Waals surface area contributed by atoms with Crippen LogP contribution in [0.15, 0.2) is 24.2 Å². The molecule has 2 nitrogen and oxygen atoms in total. The summed E-state index contributed by atoms with van der Waals surface area (Å²) in [6.45, 7) is 5.53. The van der Waals surface area contributed by atoms with Crippen molar-refractivity contribution < 1.29 is 27.4 Å². The molecule has 0 radical (unpaired) electrons. The Hall–Kier alpha value is -0.850. The van der Waals surface area contributed by atoms with Gasteiger partial charge in [-0.05, 0) is 73.7 Å². The fourth-order valence-corrected chi connectivity index (χ4v) is 6.88. The van der Waals surface area contributed by atoms with Crippen molar-refractivity contribution in [2.45, 2.75) is 49.9 Å². The van der Waals surface area contributed by atoms with Gasteiger partial charge in [0.1, 0.15) is 12.4 Å². The summed E-state index contributed by atoms with van der Waals surface area (Å²) in [6.07, 6.45) is 3.25. The van der Waals surface area contributed by atoms with E-state index in [0.717, 1.165) is 19.1 Å². The Balaban J connectivity index is 1.51. The third-order valence-corrected chi connectivity index (χ3v) is 7.74. The van der Waals surface area contributed by atoms with E-state index >= 15 is 0 Å². The van der Waals surface area contributed by atoms with Crippen molar-refractivity contribution in [3.8, 4) is 0 Å². The Labute approximate surface area is 156 Å². The maximum Gasteiger partial charge on any atom is 0.353 e. The van der Waals surface area contributed by atoms with Gasteiger partial charge in [-0.1, -0.05) is 19.2 Å². The number of allylic oxidation sites excluding steroid dienone is 1. The van der Waals surface area contributed by atoms with Crippen LogP contribution in [0.5, 0.6) is 0 Å². The van der Waals surface area contributed by atoms with Crippen LogP contribution in [0.2, 0.25) is 0 Å². The van der Waals surface area contributed by atoms with Crippen molar-refractivity contribution in [2.24, 2.45) is 41.4 Å². The molecule has 4 aliphatic rings. The van der Waals surface area contributed by atoms with E-state index in [1.165, 1.54) is 0 Å². The van der Waals surface area contributed by atoms with Crippen LogP contribution in [0.1, 0.15) is 32.6 Å². The third kappa shape index (κ3) is 2.45. The van der Waals surface area contributed by atoms with Crippen LogP contribution in [0, 0.1) is 41.4 Å². The summed E-state index contributed by atoms with van der Waals surface area (Å²) in [5, 5.41) is 5.04. The first-order valence-corrected chi connectivity index (χ1v) is 9.65. The van der Waals surface area contributed by atoms with Gasteiger partial charge in [-0.15, -0.1) is 0 Å². The van der Waals surface area contributed by atoms with Crippen LogP contribution in [-0.4, -0.2) is 22.4 Å². The van der Waals surface area contributed by atoms with E-state index in [1.54, 1.807) is 6.92 Å². The molecular weight excluding hydrogens is 368 g/mol. The number of aliphatic hydroxyl groups is 1. The molecule has 0 saturated heterocycles. The number of hydrogen-bond acceptors (Lipinski definition) is 3. The first-order chi connectivity index (χ1) is 12.1. The first kappa shape index (κ1) is 18.5. The molecule has 0 spiro atoms. The minimum absolute atomic E-state index is 0.0546. The summed E-state index contributed by atoms with van der Waals surface area (Å²) in [7, 11) is 0. The minimum Gasteiger partial charge on any atom is -0.512 e. The summed E-state index contributed by atoms with van der Waals surface area (Å²) < 4.78 is 61.3. The van der Waals surface area contributed by atoms with Gasteiger partial charge >= 0.3 is 11.2 Å². The van der Waals surface area contributed by atoms with Crippen LogP contribution in [-0.2, 0) is 4.74 Å². The normalized spacial score (nSPS) is 44.5. The highest BCUT2D eigenvalue weighted by molar-refractivity contribution is 7.81. The number of alkyl halides is 4. The topological polar surface area (TPSA) is 29.5 Å². The monoisotopic (exact) mass is 392 g/mol. The number of hydrogen-bond donors (Lipinski definition) is 2. The Bertz CT molecular complexity index is 644. The third-order valence-electron chi connectivity index (χ3n) is 7.44. The molecule has 4 bridgehead atoms. The molecule has 0 aromatic rings. The molecule has 26 heavy (non-hydrogen) atoms. The second kappa shape index (κ2) is 5.82. The number of fused-ring (bicyclic) bond motifs is 9. The zero-order valence-electron chi connectivity index (χ0n) is 14.5. The molecule has 7 heteroatoms. The lowest BCUT2D eigenvalue weighted by Gasteiger charge is -2.44. The van der Waals surface area contributed by atoms with Crippen LogP contribution in [0.3, 0.4) is 0 Å². The summed E-state index contributed by atoms with van der Waals surface area (Å²) in [5.74, 6) is -4.41. The predicted octanol–water partition coefficient (Wildman–Crippen LogP) is 5.43. The summed E-state index contributed by atoms with van der Waals surface area (Å²) >= 11 is 2.90. The molecule has 4 rings (SSSR count). The Morgan fingerprint density at radius 3 is 2.23 bits per heavy atom. The van der Waals surface area contributed by atoms with Crippen LogP contribution in [0.25, 0.3) is 0 Å². The predicted molar refractivity (Wildman–Crippen MR) is 92.2 cm³/mol. The van der Waals surface area contributed by atoms with Gasteiger partial charge in [0, 0.05) is 5.92 Å². The molecule has 0 aliphatic heterocycles. The van der Waals surface area contributed by atoms with Gasteiger partial charge in [0.15, 0.2) is 5.76 Å². The second-order valence-electron chi connectivity index (χ2n) is 8.65. The van der Waals surface area contributed by atoms with Crippen molar-refractivity contribution >= 4 is 12.6 Å². The van der Waals surface area contributed by atoms with E-state index in [1.807, 2.05) is 0 Å². The standard InChI is InChI=1S/C19H24F4O2S/c1-8(2)15(7-24)25-14-6-10-4-12(14)17-9-3-11(16(10)17)13(5-9)18(20,21)19(22,23)26/h7,9-14,16-17,24,26H,1,3-6H2,2H3.